The average Bonchev–Trinajstić information content (AvgIpc) is 2.95. The van der Waals surface area contributed by atoms with Crippen LogP contribution in [0.4, 0.5) is 10.8 Å². The van der Waals surface area contributed by atoms with E-state index in [2.05, 4.69) is 20.4 Å². The van der Waals surface area contributed by atoms with Gasteiger partial charge in [0.1, 0.15) is 10.6 Å². The van der Waals surface area contributed by atoms with Crippen LogP contribution in [0.1, 0.15) is 27.3 Å². The van der Waals surface area contributed by atoms with Gasteiger partial charge in [-0.15, -0.1) is 0 Å². The normalized spacial score (nSPS) is 15.5. The molecule has 1 atom stereocenters. The van der Waals surface area contributed by atoms with Crippen molar-refractivity contribution in [3.05, 3.63) is 34.3 Å². The molecule has 0 aliphatic carbocycles. The van der Waals surface area contributed by atoms with Gasteiger partial charge in [0.2, 0.25) is 5.91 Å². The van der Waals surface area contributed by atoms with Gasteiger partial charge in [0.15, 0.2) is 11.2 Å². The largest absolute Gasteiger partial charge is 0.478 e. The minimum Gasteiger partial charge on any atom is -0.478 e. The molecule has 0 fully saturated rings. The number of hydrogen-bond acceptors (Lipinski definition) is 7. The van der Waals surface area contributed by atoms with E-state index in [-0.39, 0.29) is 17.5 Å². The molecule has 2 amide bonds. The molecule has 3 rings (SSSR count). The molecule has 0 saturated carbocycles. The van der Waals surface area contributed by atoms with Gasteiger partial charge in [-0.1, -0.05) is 17.4 Å². The Kier molecular flexibility index (Phi) is 4.90. The lowest BCUT2D eigenvalue weighted by molar-refractivity contribution is -0.128. The summed E-state index contributed by atoms with van der Waals surface area (Å²) < 4.78 is 10.3. The van der Waals surface area contributed by atoms with E-state index in [1.165, 1.54) is 7.11 Å². The molecular weight excluding hydrogens is 358 g/mol. The number of methoxy groups -OCH3 is 1. The summed E-state index contributed by atoms with van der Waals surface area (Å²) in [5.74, 6) is -0.817. The molecule has 2 N–H and O–H groups in total. The Hall–Kier alpha value is -2.94. The summed E-state index contributed by atoms with van der Waals surface area (Å²) in [6, 6.07) is 5.41. The van der Waals surface area contributed by atoms with Crippen LogP contribution in [0.5, 0.6) is 5.75 Å². The Morgan fingerprint density at radius 3 is 2.88 bits per heavy atom. The second kappa shape index (κ2) is 7.12. The van der Waals surface area contributed by atoms with Crippen LogP contribution in [0.25, 0.3) is 0 Å². The molecule has 1 aliphatic rings. The lowest BCUT2D eigenvalue weighted by Gasteiger charge is -2.25. The Morgan fingerprint density at radius 1 is 1.38 bits per heavy atom. The van der Waals surface area contributed by atoms with Crippen LogP contribution >= 0.6 is 11.3 Å². The number of amides is 2. The Balaban J connectivity index is 1.66. The van der Waals surface area contributed by atoms with Crippen molar-refractivity contribution in [2.24, 2.45) is 0 Å². The summed E-state index contributed by atoms with van der Waals surface area (Å²) in [6.07, 6.45) is -1.11. The maximum Gasteiger partial charge on any atom is 0.350 e. The predicted molar refractivity (Wildman–Crippen MR) is 95.7 cm³/mol. The molecule has 1 aliphatic heterocycles. The molecule has 1 aromatic heterocycles. The quantitative estimate of drug-likeness (QED) is 0.794. The van der Waals surface area contributed by atoms with Gasteiger partial charge in [-0.05, 0) is 31.5 Å². The summed E-state index contributed by atoms with van der Waals surface area (Å²) in [6.45, 7) is 3.56. The number of ether oxygens (including phenoxy) is 2. The third kappa shape index (κ3) is 3.67. The van der Waals surface area contributed by atoms with Gasteiger partial charge >= 0.3 is 5.97 Å². The van der Waals surface area contributed by atoms with Gasteiger partial charge in [0.25, 0.3) is 5.91 Å². The highest BCUT2D eigenvalue weighted by atomic mass is 32.1. The number of benzene rings is 1. The summed E-state index contributed by atoms with van der Waals surface area (Å²) in [4.78, 5) is 40.4. The highest BCUT2D eigenvalue weighted by Crippen LogP contribution is 2.31. The number of carbonyl (C=O) groups excluding carboxylic acids is 3. The first-order valence-corrected chi connectivity index (χ1v) is 8.63. The minimum absolute atomic E-state index is 0.175. The standard InChI is InChI=1S/C17H17N3O5S/c1-8-4-5-11-10(6-8)19-15(22)12(25-11)7-13(21)20-17-18-9(2)14(26-17)16(23)24-3/h4-6,12H,7H2,1-3H3,(H,19,22)(H,18,20,21). The van der Waals surface area contributed by atoms with Crippen molar-refractivity contribution in [3.63, 3.8) is 0 Å². The topological polar surface area (TPSA) is 107 Å². The average molecular weight is 375 g/mol. The number of nitrogens with zero attached hydrogens (tertiary/aromatic N) is 1. The van der Waals surface area contributed by atoms with Crippen LogP contribution in [-0.2, 0) is 14.3 Å². The molecule has 8 nitrogen and oxygen atoms in total. The summed E-state index contributed by atoms with van der Waals surface area (Å²) >= 11 is 1.01. The first kappa shape index (κ1) is 17.9. The number of hydrogen-bond donors (Lipinski definition) is 2. The summed E-state index contributed by atoms with van der Waals surface area (Å²) in [5, 5.41) is 5.59. The van der Waals surface area contributed by atoms with Gasteiger partial charge in [-0.3, -0.25) is 9.59 Å². The van der Waals surface area contributed by atoms with Crippen LogP contribution in [0, 0.1) is 13.8 Å². The van der Waals surface area contributed by atoms with Crippen LogP contribution < -0.4 is 15.4 Å². The van der Waals surface area contributed by atoms with Crippen LogP contribution in [0.15, 0.2) is 18.2 Å². The van der Waals surface area contributed by atoms with Crippen LogP contribution in [-0.4, -0.2) is 36.0 Å². The lowest BCUT2D eigenvalue weighted by atomic mass is 10.1. The number of nitrogens with one attached hydrogen (secondary N) is 2. The number of carbonyl (C=O) groups is 3. The molecule has 2 heterocycles. The predicted octanol–water partition coefficient (Wildman–Crippen LogP) is 2.27. The van der Waals surface area contributed by atoms with Crippen molar-refractivity contribution in [2.75, 3.05) is 17.7 Å². The van der Waals surface area contributed by atoms with Crippen molar-refractivity contribution in [2.45, 2.75) is 26.4 Å². The summed E-state index contributed by atoms with van der Waals surface area (Å²) in [7, 11) is 1.28. The second-order valence-electron chi connectivity index (χ2n) is 5.77. The van der Waals surface area contributed by atoms with Gasteiger partial charge in [-0.25, -0.2) is 9.78 Å². The number of esters is 1. The monoisotopic (exact) mass is 375 g/mol. The fourth-order valence-corrected chi connectivity index (χ4v) is 3.37. The highest BCUT2D eigenvalue weighted by molar-refractivity contribution is 7.17. The van der Waals surface area contributed by atoms with E-state index >= 15 is 0 Å². The molecule has 136 valence electrons. The lowest BCUT2D eigenvalue weighted by Crippen LogP contribution is -2.39. The molecule has 0 saturated heterocycles. The van der Waals surface area contributed by atoms with Gasteiger partial charge < -0.3 is 20.1 Å². The van der Waals surface area contributed by atoms with E-state index in [9.17, 15) is 14.4 Å². The molecule has 2 aromatic rings. The van der Waals surface area contributed by atoms with E-state index < -0.39 is 18.0 Å². The fourth-order valence-electron chi connectivity index (χ4n) is 2.47. The molecule has 9 heteroatoms. The Labute approximate surface area is 153 Å². The number of aryl methyl sites for hydroxylation is 2. The van der Waals surface area contributed by atoms with E-state index in [0.29, 0.717) is 22.0 Å². The third-order valence-corrected chi connectivity index (χ3v) is 4.79. The minimum atomic E-state index is -0.939. The first-order valence-electron chi connectivity index (χ1n) is 7.81. The molecule has 0 spiro atoms. The van der Waals surface area contributed by atoms with Gasteiger partial charge in [-0.2, -0.15) is 0 Å². The number of anilines is 2. The van der Waals surface area contributed by atoms with Crippen molar-refractivity contribution in [1.82, 2.24) is 4.98 Å². The molecule has 1 aromatic carbocycles. The smallest absolute Gasteiger partial charge is 0.350 e. The zero-order valence-corrected chi connectivity index (χ0v) is 15.2. The Morgan fingerprint density at radius 2 is 2.15 bits per heavy atom. The number of thiazole rings is 1. The zero-order valence-electron chi connectivity index (χ0n) is 14.4. The van der Waals surface area contributed by atoms with Crippen molar-refractivity contribution in [3.8, 4) is 5.75 Å². The number of rotatable bonds is 4. The van der Waals surface area contributed by atoms with Crippen molar-refractivity contribution in [1.29, 1.82) is 0 Å². The van der Waals surface area contributed by atoms with Gasteiger partial charge in [0.05, 0.1) is 24.9 Å². The van der Waals surface area contributed by atoms with E-state index in [1.54, 1.807) is 19.1 Å². The molecular formula is C17H17N3O5S. The second-order valence-corrected chi connectivity index (χ2v) is 6.77. The molecule has 26 heavy (non-hydrogen) atoms. The zero-order chi connectivity index (χ0) is 18.8. The maximum atomic E-state index is 12.2. The molecule has 0 bridgehead atoms. The highest BCUT2D eigenvalue weighted by Gasteiger charge is 2.30. The first-order chi connectivity index (χ1) is 12.4. The third-order valence-electron chi connectivity index (χ3n) is 3.74. The number of fused-ring (bicyclic) bond motifs is 1. The molecule has 1 unspecified atom stereocenters. The van der Waals surface area contributed by atoms with E-state index in [0.717, 1.165) is 16.9 Å². The van der Waals surface area contributed by atoms with Crippen molar-refractivity contribution >= 4 is 39.9 Å². The van der Waals surface area contributed by atoms with Gasteiger partial charge in [0, 0.05) is 0 Å². The van der Waals surface area contributed by atoms with Crippen LogP contribution in [0.2, 0.25) is 0 Å². The van der Waals surface area contributed by atoms with Crippen LogP contribution in [0.3, 0.4) is 0 Å². The fraction of sp³-hybridized carbons (Fsp3) is 0.294. The molecule has 0 radical (unpaired) electrons. The SMILES string of the molecule is COC(=O)c1sc(NC(=O)CC2Oc3ccc(C)cc3NC2=O)nc1C. The number of aromatic nitrogens is 1. The van der Waals surface area contributed by atoms with E-state index in [4.69, 9.17) is 4.74 Å². The van der Waals surface area contributed by atoms with E-state index in [1.807, 2.05) is 13.0 Å². The Bertz CT molecular complexity index is 893. The summed E-state index contributed by atoms with van der Waals surface area (Å²) in [5.41, 5.74) is 2.04. The maximum absolute atomic E-state index is 12.2. The van der Waals surface area contributed by atoms with Crippen molar-refractivity contribution < 1.29 is 23.9 Å².